The summed E-state index contributed by atoms with van der Waals surface area (Å²) >= 11 is 0. The summed E-state index contributed by atoms with van der Waals surface area (Å²) in [4.78, 5) is 8.00. The number of benzene rings is 1. The zero-order valence-electron chi connectivity index (χ0n) is 11.5. The molecule has 1 saturated carbocycles. The van der Waals surface area contributed by atoms with Gasteiger partial charge in [-0.05, 0) is 42.7 Å². The number of nitrogens with one attached hydrogen (secondary N) is 1. The van der Waals surface area contributed by atoms with Gasteiger partial charge in [-0.2, -0.15) is 13.2 Å². The fourth-order valence-corrected chi connectivity index (χ4v) is 2.42. The highest BCUT2D eigenvalue weighted by atomic mass is 19.4. The van der Waals surface area contributed by atoms with Crippen molar-refractivity contribution in [1.82, 2.24) is 9.97 Å². The maximum atomic E-state index is 13.5. The maximum absolute atomic E-state index is 13.5. The molecule has 0 radical (unpaired) electrons. The molecule has 1 aliphatic rings. The van der Waals surface area contributed by atoms with Crippen LogP contribution in [0, 0.1) is 5.82 Å². The molecule has 2 aromatic rings. The number of anilines is 1. The van der Waals surface area contributed by atoms with Gasteiger partial charge in [-0.25, -0.2) is 14.4 Å². The molecular weight excluding hydrogens is 298 g/mol. The summed E-state index contributed by atoms with van der Waals surface area (Å²) in [6.45, 7) is 0.373. The Morgan fingerprint density at radius 1 is 1.09 bits per heavy atom. The van der Waals surface area contributed by atoms with Crippen LogP contribution in [0.3, 0.4) is 0 Å². The summed E-state index contributed by atoms with van der Waals surface area (Å²) in [5, 5.41) is 3.00. The molecule has 3 nitrogen and oxygen atoms in total. The van der Waals surface area contributed by atoms with E-state index in [0.29, 0.717) is 37.0 Å². The van der Waals surface area contributed by atoms with Gasteiger partial charge in [0.15, 0.2) is 0 Å². The zero-order valence-corrected chi connectivity index (χ0v) is 11.5. The number of rotatable bonds is 4. The normalized spacial score (nSPS) is 16.4. The monoisotopic (exact) mass is 311 g/mol. The molecule has 1 aromatic heterocycles. The van der Waals surface area contributed by atoms with Gasteiger partial charge >= 0.3 is 6.18 Å². The van der Waals surface area contributed by atoms with Crippen molar-refractivity contribution in [2.75, 3.05) is 11.9 Å². The lowest BCUT2D eigenvalue weighted by Gasteiger charge is -2.18. The van der Waals surface area contributed by atoms with Crippen LogP contribution in [0.15, 0.2) is 36.7 Å². The maximum Gasteiger partial charge on any atom is 0.416 e. The Hall–Kier alpha value is -2.18. The SMILES string of the molecule is Fc1cc(C(F)(F)F)cc(C2(CNc3ncccn3)CC2)c1. The van der Waals surface area contributed by atoms with Gasteiger partial charge in [0.05, 0.1) is 5.56 Å². The van der Waals surface area contributed by atoms with Crippen molar-refractivity contribution in [3.05, 3.63) is 53.6 Å². The Balaban J connectivity index is 1.82. The minimum absolute atomic E-state index is 0.364. The lowest BCUT2D eigenvalue weighted by molar-refractivity contribution is -0.137. The lowest BCUT2D eigenvalue weighted by atomic mass is 9.94. The third-order valence-electron chi connectivity index (χ3n) is 3.84. The molecule has 0 aliphatic heterocycles. The Morgan fingerprint density at radius 2 is 1.77 bits per heavy atom. The van der Waals surface area contributed by atoms with Crippen molar-refractivity contribution >= 4 is 5.95 Å². The largest absolute Gasteiger partial charge is 0.416 e. The van der Waals surface area contributed by atoms with Crippen molar-refractivity contribution in [3.8, 4) is 0 Å². The van der Waals surface area contributed by atoms with Crippen LogP contribution in [-0.4, -0.2) is 16.5 Å². The van der Waals surface area contributed by atoms with Gasteiger partial charge in [0.25, 0.3) is 0 Å². The van der Waals surface area contributed by atoms with Gasteiger partial charge in [0.1, 0.15) is 5.82 Å². The van der Waals surface area contributed by atoms with E-state index in [4.69, 9.17) is 0 Å². The van der Waals surface area contributed by atoms with Crippen LogP contribution >= 0.6 is 0 Å². The number of aromatic nitrogens is 2. The van der Waals surface area contributed by atoms with E-state index in [0.717, 1.165) is 6.07 Å². The average molecular weight is 311 g/mol. The van der Waals surface area contributed by atoms with Crippen molar-refractivity contribution in [2.24, 2.45) is 0 Å². The summed E-state index contributed by atoms with van der Waals surface area (Å²) in [6, 6.07) is 4.40. The van der Waals surface area contributed by atoms with Gasteiger partial charge in [0.2, 0.25) is 5.95 Å². The molecule has 1 N–H and O–H groups in total. The van der Waals surface area contributed by atoms with Crippen LogP contribution < -0.4 is 5.32 Å². The van der Waals surface area contributed by atoms with Gasteiger partial charge in [-0.1, -0.05) is 0 Å². The summed E-state index contributed by atoms with van der Waals surface area (Å²) in [7, 11) is 0. The molecule has 0 spiro atoms. The lowest BCUT2D eigenvalue weighted by Crippen LogP contribution is -2.21. The molecule has 0 atom stereocenters. The first-order chi connectivity index (χ1) is 10.4. The zero-order chi connectivity index (χ0) is 15.8. The standard InChI is InChI=1S/C15H13F4N3/c16-12-7-10(6-11(8-12)15(17,18)19)14(2-3-14)9-22-13-20-4-1-5-21-13/h1,4-8H,2-3,9H2,(H,20,21,22). The van der Waals surface area contributed by atoms with E-state index in [-0.39, 0.29) is 0 Å². The first kappa shape index (κ1) is 14.7. The molecule has 116 valence electrons. The topological polar surface area (TPSA) is 37.8 Å². The first-order valence-electron chi connectivity index (χ1n) is 6.78. The number of nitrogens with zero attached hydrogens (tertiary/aromatic N) is 2. The van der Waals surface area contributed by atoms with Crippen LogP contribution in [0.5, 0.6) is 0 Å². The van der Waals surface area contributed by atoms with Crippen molar-refractivity contribution < 1.29 is 17.6 Å². The molecule has 0 unspecified atom stereocenters. The summed E-state index contributed by atoms with van der Waals surface area (Å²) in [5.41, 5.74) is -1.07. The molecule has 1 fully saturated rings. The number of hydrogen-bond donors (Lipinski definition) is 1. The van der Waals surface area contributed by atoms with E-state index >= 15 is 0 Å². The van der Waals surface area contributed by atoms with Crippen molar-refractivity contribution in [2.45, 2.75) is 24.4 Å². The summed E-state index contributed by atoms with van der Waals surface area (Å²) in [5.74, 6) is -0.465. The molecule has 0 bridgehead atoms. The molecule has 0 amide bonds. The van der Waals surface area contributed by atoms with Crippen molar-refractivity contribution in [3.63, 3.8) is 0 Å². The highest BCUT2D eigenvalue weighted by molar-refractivity contribution is 5.39. The minimum Gasteiger partial charge on any atom is -0.353 e. The molecule has 1 heterocycles. The fourth-order valence-electron chi connectivity index (χ4n) is 2.42. The second-order valence-electron chi connectivity index (χ2n) is 5.43. The fraction of sp³-hybridized carbons (Fsp3) is 0.333. The number of halogens is 4. The van der Waals surface area contributed by atoms with Crippen molar-refractivity contribution in [1.29, 1.82) is 0 Å². The Kier molecular flexibility index (Phi) is 3.50. The summed E-state index contributed by atoms with van der Waals surface area (Å²) in [6.07, 6.45) is -0.0121. The average Bonchev–Trinajstić information content (AvgIpc) is 3.26. The Morgan fingerprint density at radius 3 is 2.36 bits per heavy atom. The Bertz CT molecular complexity index is 666. The van der Waals surface area contributed by atoms with E-state index in [2.05, 4.69) is 15.3 Å². The smallest absolute Gasteiger partial charge is 0.353 e. The third kappa shape index (κ3) is 3.03. The van der Waals surface area contributed by atoms with E-state index in [1.807, 2.05) is 0 Å². The minimum atomic E-state index is -4.55. The van der Waals surface area contributed by atoms with E-state index in [9.17, 15) is 17.6 Å². The molecule has 7 heteroatoms. The van der Waals surface area contributed by atoms with E-state index in [1.54, 1.807) is 18.5 Å². The summed E-state index contributed by atoms with van der Waals surface area (Å²) < 4.78 is 51.9. The van der Waals surface area contributed by atoms with Gasteiger partial charge < -0.3 is 5.32 Å². The predicted octanol–water partition coefficient (Wildman–Crippen LogP) is 3.78. The number of alkyl halides is 3. The molecule has 0 saturated heterocycles. The second-order valence-corrected chi connectivity index (χ2v) is 5.43. The quantitative estimate of drug-likeness (QED) is 0.873. The highest BCUT2D eigenvalue weighted by Crippen LogP contribution is 2.49. The molecule has 1 aliphatic carbocycles. The van der Waals surface area contributed by atoms with E-state index in [1.165, 1.54) is 6.07 Å². The van der Waals surface area contributed by atoms with Crippen LogP contribution in [0.1, 0.15) is 24.0 Å². The predicted molar refractivity (Wildman–Crippen MR) is 72.8 cm³/mol. The number of hydrogen-bond acceptors (Lipinski definition) is 3. The van der Waals surface area contributed by atoms with Crippen LogP contribution in [0.2, 0.25) is 0 Å². The third-order valence-corrected chi connectivity index (χ3v) is 3.84. The van der Waals surface area contributed by atoms with Gasteiger partial charge in [-0.3, -0.25) is 0 Å². The molecular formula is C15H13F4N3. The Labute approximate surface area is 124 Å². The second kappa shape index (κ2) is 5.23. The van der Waals surface area contributed by atoms with Crippen LogP contribution in [-0.2, 0) is 11.6 Å². The van der Waals surface area contributed by atoms with Crippen LogP contribution in [0.25, 0.3) is 0 Å². The molecule has 3 rings (SSSR count). The van der Waals surface area contributed by atoms with Crippen LogP contribution in [0.4, 0.5) is 23.5 Å². The van der Waals surface area contributed by atoms with Gasteiger partial charge in [-0.15, -0.1) is 0 Å². The first-order valence-corrected chi connectivity index (χ1v) is 6.78. The highest BCUT2D eigenvalue weighted by Gasteiger charge is 2.45. The van der Waals surface area contributed by atoms with Gasteiger partial charge in [0, 0.05) is 24.4 Å². The van der Waals surface area contributed by atoms with E-state index < -0.39 is 23.0 Å². The molecule has 1 aromatic carbocycles. The molecule has 22 heavy (non-hydrogen) atoms.